The molecule has 0 unspecified atom stereocenters. The molecule has 2 aliphatic rings. The lowest BCUT2D eigenvalue weighted by Gasteiger charge is -2.32. The van der Waals surface area contributed by atoms with E-state index in [1.807, 2.05) is 4.90 Å². The van der Waals surface area contributed by atoms with E-state index < -0.39 is 0 Å². The van der Waals surface area contributed by atoms with Gasteiger partial charge >= 0.3 is 0 Å². The van der Waals surface area contributed by atoms with Crippen molar-refractivity contribution in [1.82, 2.24) is 15.0 Å². The van der Waals surface area contributed by atoms with Crippen molar-refractivity contribution >= 4 is 5.91 Å². The summed E-state index contributed by atoms with van der Waals surface area (Å²) in [7, 11) is 0. The zero-order chi connectivity index (χ0) is 16.9. The Morgan fingerprint density at radius 1 is 1.29 bits per heavy atom. The van der Waals surface area contributed by atoms with Gasteiger partial charge in [-0.3, -0.25) is 4.79 Å². The lowest BCUT2D eigenvalue weighted by atomic mass is 10.0. The first kappa shape index (κ1) is 17.4. The molecule has 24 heavy (non-hydrogen) atoms. The van der Waals surface area contributed by atoms with Crippen LogP contribution in [0.3, 0.4) is 0 Å². The second-order valence-corrected chi connectivity index (χ2v) is 7.46. The Bertz CT molecular complexity index is 531. The molecule has 6 heteroatoms. The van der Waals surface area contributed by atoms with Crippen LogP contribution in [0.25, 0.3) is 0 Å². The van der Waals surface area contributed by atoms with Crippen LogP contribution in [0, 0.1) is 5.92 Å². The van der Waals surface area contributed by atoms with Crippen molar-refractivity contribution in [3.63, 3.8) is 0 Å². The zero-order valence-electron chi connectivity index (χ0n) is 14.9. The standard InChI is InChI=1S/C18H29N3O3/c1-13(2)3-6-17(22)21-10-7-15(8-11-21)23-12-9-16-19-18(24-20-16)14-4-5-14/h13-15H,3-12H2,1-2H3. The summed E-state index contributed by atoms with van der Waals surface area (Å²) < 4.78 is 11.2. The van der Waals surface area contributed by atoms with Gasteiger partial charge < -0.3 is 14.2 Å². The Labute approximate surface area is 143 Å². The molecule has 1 saturated heterocycles. The van der Waals surface area contributed by atoms with Crippen molar-refractivity contribution in [1.29, 1.82) is 0 Å². The van der Waals surface area contributed by atoms with Gasteiger partial charge in [-0.25, -0.2) is 0 Å². The minimum absolute atomic E-state index is 0.244. The first-order valence-electron chi connectivity index (χ1n) is 9.33. The van der Waals surface area contributed by atoms with Crippen molar-refractivity contribution in [3.05, 3.63) is 11.7 Å². The minimum Gasteiger partial charge on any atom is -0.378 e. The SMILES string of the molecule is CC(C)CCC(=O)N1CCC(OCCc2noc(C3CC3)n2)CC1. The van der Waals surface area contributed by atoms with Crippen LogP contribution in [0.5, 0.6) is 0 Å². The molecular formula is C18H29N3O3. The monoisotopic (exact) mass is 335 g/mol. The highest BCUT2D eigenvalue weighted by atomic mass is 16.5. The third-order valence-corrected chi connectivity index (χ3v) is 4.82. The third kappa shape index (κ3) is 5.03. The van der Waals surface area contributed by atoms with E-state index in [4.69, 9.17) is 9.26 Å². The van der Waals surface area contributed by atoms with Crippen LogP contribution in [0.1, 0.15) is 70.0 Å². The number of aromatic nitrogens is 2. The van der Waals surface area contributed by atoms with Crippen molar-refractivity contribution < 1.29 is 14.1 Å². The first-order chi connectivity index (χ1) is 11.6. The fourth-order valence-electron chi connectivity index (χ4n) is 3.02. The molecule has 0 aromatic carbocycles. The predicted molar refractivity (Wildman–Crippen MR) is 89.6 cm³/mol. The highest BCUT2D eigenvalue weighted by Crippen LogP contribution is 2.38. The maximum atomic E-state index is 12.1. The van der Waals surface area contributed by atoms with E-state index in [9.17, 15) is 4.79 Å². The number of hydrogen-bond donors (Lipinski definition) is 0. The molecule has 6 nitrogen and oxygen atoms in total. The lowest BCUT2D eigenvalue weighted by molar-refractivity contribution is -0.134. The molecule has 0 spiro atoms. The Balaban J connectivity index is 1.31. The van der Waals surface area contributed by atoms with E-state index in [2.05, 4.69) is 24.0 Å². The summed E-state index contributed by atoms with van der Waals surface area (Å²) in [5, 5.41) is 4.01. The summed E-state index contributed by atoms with van der Waals surface area (Å²) in [6.45, 7) is 6.57. The van der Waals surface area contributed by atoms with Crippen LogP contribution < -0.4 is 0 Å². The van der Waals surface area contributed by atoms with Gasteiger partial charge in [0.15, 0.2) is 5.82 Å². The molecule has 0 bridgehead atoms. The molecule has 0 radical (unpaired) electrons. The molecule has 1 aromatic rings. The quantitative estimate of drug-likeness (QED) is 0.730. The van der Waals surface area contributed by atoms with E-state index in [-0.39, 0.29) is 6.10 Å². The van der Waals surface area contributed by atoms with Gasteiger partial charge in [-0.1, -0.05) is 19.0 Å². The molecule has 1 aliphatic heterocycles. The van der Waals surface area contributed by atoms with E-state index in [0.717, 1.165) is 44.1 Å². The molecular weight excluding hydrogens is 306 g/mol. The largest absolute Gasteiger partial charge is 0.378 e. The van der Waals surface area contributed by atoms with Gasteiger partial charge in [0.25, 0.3) is 0 Å². The maximum absolute atomic E-state index is 12.1. The summed E-state index contributed by atoms with van der Waals surface area (Å²) in [5.74, 6) is 2.92. The average Bonchev–Trinajstić information content (AvgIpc) is 3.32. The van der Waals surface area contributed by atoms with Crippen molar-refractivity contribution in [2.45, 2.75) is 70.8 Å². The van der Waals surface area contributed by atoms with Gasteiger partial charge in [-0.05, 0) is 38.0 Å². The molecule has 0 N–H and O–H groups in total. The zero-order valence-corrected chi connectivity index (χ0v) is 14.9. The summed E-state index contributed by atoms with van der Waals surface area (Å²) in [4.78, 5) is 18.5. The van der Waals surface area contributed by atoms with E-state index in [0.29, 0.717) is 37.2 Å². The smallest absolute Gasteiger partial charge is 0.229 e. The Morgan fingerprint density at radius 2 is 2.04 bits per heavy atom. The fourth-order valence-corrected chi connectivity index (χ4v) is 3.02. The number of nitrogens with zero attached hydrogens (tertiary/aromatic N) is 3. The van der Waals surface area contributed by atoms with Crippen LogP contribution in [0.4, 0.5) is 0 Å². The number of ether oxygens (including phenoxy) is 1. The van der Waals surface area contributed by atoms with Gasteiger partial charge in [0.1, 0.15) is 0 Å². The number of likely N-dealkylation sites (tertiary alicyclic amines) is 1. The number of carbonyl (C=O) groups is 1. The van der Waals surface area contributed by atoms with Crippen LogP contribution in [-0.4, -0.2) is 46.7 Å². The molecule has 0 atom stereocenters. The van der Waals surface area contributed by atoms with Crippen LogP contribution in [0.2, 0.25) is 0 Å². The van der Waals surface area contributed by atoms with E-state index in [1.165, 1.54) is 12.8 Å². The molecule has 1 aliphatic carbocycles. The molecule has 134 valence electrons. The van der Waals surface area contributed by atoms with Gasteiger partial charge in [0, 0.05) is 31.8 Å². The minimum atomic E-state index is 0.244. The number of piperidine rings is 1. The highest BCUT2D eigenvalue weighted by Gasteiger charge is 2.29. The second-order valence-electron chi connectivity index (χ2n) is 7.46. The lowest BCUT2D eigenvalue weighted by Crippen LogP contribution is -2.41. The first-order valence-corrected chi connectivity index (χ1v) is 9.33. The summed E-state index contributed by atoms with van der Waals surface area (Å²) >= 11 is 0. The second kappa shape index (κ2) is 8.10. The van der Waals surface area contributed by atoms with Gasteiger partial charge in [0.05, 0.1) is 12.7 Å². The average molecular weight is 335 g/mol. The van der Waals surface area contributed by atoms with Gasteiger partial charge in [-0.2, -0.15) is 4.98 Å². The highest BCUT2D eigenvalue weighted by molar-refractivity contribution is 5.76. The fraction of sp³-hybridized carbons (Fsp3) is 0.833. The number of carbonyl (C=O) groups excluding carboxylic acids is 1. The summed E-state index contributed by atoms with van der Waals surface area (Å²) in [5.41, 5.74) is 0. The molecule has 1 aromatic heterocycles. The van der Waals surface area contributed by atoms with Gasteiger partial charge in [-0.15, -0.1) is 0 Å². The molecule has 1 saturated carbocycles. The topological polar surface area (TPSA) is 68.5 Å². The molecule has 1 amide bonds. The normalized spacial score (nSPS) is 19.2. The summed E-state index contributed by atoms with van der Waals surface area (Å²) in [6.07, 6.45) is 6.78. The summed E-state index contributed by atoms with van der Waals surface area (Å²) in [6, 6.07) is 0. The number of hydrogen-bond acceptors (Lipinski definition) is 5. The third-order valence-electron chi connectivity index (χ3n) is 4.82. The Hall–Kier alpha value is -1.43. The number of amides is 1. The molecule has 2 fully saturated rings. The Kier molecular flexibility index (Phi) is 5.87. The van der Waals surface area contributed by atoms with Crippen LogP contribution in [-0.2, 0) is 16.0 Å². The van der Waals surface area contributed by atoms with Crippen LogP contribution >= 0.6 is 0 Å². The Morgan fingerprint density at radius 3 is 2.71 bits per heavy atom. The maximum Gasteiger partial charge on any atom is 0.229 e. The predicted octanol–water partition coefficient (Wildman–Crippen LogP) is 2.93. The van der Waals surface area contributed by atoms with Crippen molar-refractivity contribution in [3.8, 4) is 0 Å². The van der Waals surface area contributed by atoms with Crippen LogP contribution in [0.15, 0.2) is 4.52 Å². The van der Waals surface area contributed by atoms with E-state index in [1.54, 1.807) is 0 Å². The molecule has 2 heterocycles. The number of rotatable bonds is 8. The van der Waals surface area contributed by atoms with Crippen molar-refractivity contribution in [2.75, 3.05) is 19.7 Å². The van der Waals surface area contributed by atoms with Crippen molar-refractivity contribution in [2.24, 2.45) is 5.92 Å². The van der Waals surface area contributed by atoms with E-state index >= 15 is 0 Å². The van der Waals surface area contributed by atoms with Gasteiger partial charge in [0.2, 0.25) is 11.8 Å². The molecule has 3 rings (SSSR count).